The molecule has 0 nitrogen and oxygen atoms in total. The van der Waals surface area contributed by atoms with Crippen LogP contribution in [0, 0.1) is 0 Å². The molecule has 3 heteroatoms. The second-order valence-electron chi connectivity index (χ2n) is 9.41. The van der Waals surface area contributed by atoms with Crippen molar-refractivity contribution in [1.82, 2.24) is 0 Å². The minimum atomic E-state index is -4.93. The van der Waals surface area contributed by atoms with Crippen LogP contribution in [0.25, 0.3) is 0 Å². The molecule has 154 valence electrons. The number of rotatable bonds is 6. The molecule has 0 aliphatic heterocycles. The summed E-state index contributed by atoms with van der Waals surface area (Å²) < 4.78 is 3.82. The zero-order valence-corrected chi connectivity index (χ0v) is 22.1. The van der Waals surface area contributed by atoms with E-state index in [1.807, 2.05) is 0 Å². The molecule has 0 saturated heterocycles. The summed E-state index contributed by atoms with van der Waals surface area (Å²) in [7, 11) is 16.4. The van der Waals surface area contributed by atoms with Crippen LogP contribution in [-0.2, 0) is 0 Å². The SMILES string of the molecule is [Cl][Bi]([Cl])([c]1ccccc1C1CC1)([c]1ccccc1C1CC1)[c]1ccccc1C1CC1. The van der Waals surface area contributed by atoms with E-state index in [1.54, 1.807) is 0 Å². The Morgan fingerprint density at radius 3 is 1.00 bits per heavy atom. The number of benzene rings is 3. The summed E-state index contributed by atoms with van der Waals surface area (Å²) in [4.78, 5) is 0. The predicted octanol–water partition coefficient (Wildman–Crippen LogP) is 6.21. The Hall–Kier alpha value is -0.877. The standard InChI is InChI=1S/3C9H9.Bi.2ClH/c3*1-2-4-8(5-3-1)9-6-7-9;;;/h3*1-4,9H,6-7H2;;2*1H/q;;;+2;;/p-2. The first kappa shape index (κ1) is 19.8. The first-order chi connectivity index (χ1) is 14.6. The van der Waals surface area contributed by atoms with Crippen LogP contribution < -0.4 is 9.81 Å². The van der Waals surface area contributed by atoms with E-state index in [9.17, 15) is 0 Å². The summed E-state index contributed by atoms with van der Waals surface area (Å²) in [6, 6.07) is 26.7. The van der Waals surface area contributed by atoms with Gasteiger partial charge in [-0.3, -0.25) is 0 Å². The van der Waals surface area contributed by atoms with Crippen molar-refractivity contribution in [3.63, 3.8) is 0 Å². The minimum absolute atomic E-state index is 0.619. The molecule has 0 bridgehead atoms. The normalized spacial score (nSPS) is 20.5. The van der Waals surface area contributed by atoms with Crippen LogP contribution >= 0.6 is 17.0 Å². The summed E-state index contributed by atoms with van der Waals surface area (Å²) in [5.41, 5.74) is 4.23. The number of hydrogen-bond donors (Lipinski definition) is 0. The summed E-state index contributed by atoms with van der Waals surface area (Å²) >= 11 is -4.93. The van der Waals surface area contributed by atoms with Gasteiger partial charge < -0.3 is 0 Å². The predicted molar refractivity (Wildman–Crippen MR) is 132 cm³/mol. The third kappa shape index (κ3) is 3.11. The Morgan fingerprint density at radius 1 is 0.467 bits per heavy atom. The molecule has 0 amide bonds. The average Bonchev–Trinajstić information content (AvgIpc) is 3.65. The van der Waals surface area contributed by atoms with Crippen LogP contribution in [0.1, 0.15) is 73.0 Å². The van der Waals surface area contributed by atoms with Crippen molar-refractivity contribution < 1.29 is 0 Å². The van der Waals surface area contributed by atoms with Crippen LogP contribution in [0.15, 0.2) is 72.8 Å². The fraction of sp³-hybridized carbons (Fsp3) is 0.333. The van der Waals surface area contributed by atoms with Crippen LogP contribution in [0.3, 0.4) is 0 Å². The van der Waals surface area contributed by atoms with Gasteiger partial charge in [0, 0.05) is 0 Å². The van der Waals surface area contributed by atoms with Crippen molar-refractivity contribution in [3.8, 4) is 0 Å². The van der Waals surface area contributed by atoms with Gasteiger partial charge in [-0.1, -0.05) is 0 Å². The monoisotopic (exact) mass is 630 g/mol. The van der Waals surface area contributed by atoms with Crippen molar-refractivity contribution in [2.75, 3.05) is 0 Å². The molecule has 30 heavy (non-hydrogen) atoms. The molecule has 0 N–H and O–H groups in total. The first-order valence-corrected chi connectivity index (χ1v) is 25.1. The van der Waals surface area contributed by atoms with Gasteiger partial charge in [0.05, 0.1) is 0 Å². The van der Waals surface area contributed by atoms with Crippen molar-refractivity contribution >= 4 is 43.2 Å². The molecule has 0 heterocycles. The number of hydrogen-bond acceptors (Lipinski definition) is 0. The van der Waals surface area contributed by atoms with E-state index in [0.717, 1.165) is 0 Å². The topological polar surface area (TPSA) is 0 Å². The summed E-state index contributed by atoms with van der Waals surface area (Å²) in [5.74, 6) is 1.86. The Balaban J connectivity index is 1.71. The quantitative estimate of drug-likeness (QED) is 0.284. The fourth-order valence-corrected chi connectivity index (χ4v) is 28.6. The van der Waals surface area contributed by atoms with E-state index in [4.69, 9.17) is 17.0 Å². The van der Waals surface area contributed by atoms with Crippen molar-refractivity contribution in [3.05, 3.63) is 89.5 Å². The molecular formula is C27H27BiCl2. The molecule has 0 spiro atoms. The molecule has 3 fully saturated rings. The Morgan fingerprint density at radius 2 is 0.733 bits per heavy atom. The molecule has 0 aromatic heterocycles. The van der Waals surface area contributed by atoms with Gasteiger partial charge in [-0.15, -0.1) is 0 Å². The van der Waals surface area contributed by atoms with Crippen LogP contribution in [0.2, 0.25) is 0 Å². The third-order valence-electron chi connectivity index (χ3n) is 7.13. The summed E-state index contributed by atoms with van der Waals surface area (Å²) in [5, 5.41) is 0. The van der Waals surface area contributed by atoms with Crippen LogP contribution in [0.4, 0.5) is 0 Å². The Labute approximate surface area is 187 Å². The van der Waals surface area contributed by atoms with Gasteiger partial charge in [-0.2, -0.15) is 0 Å². The van der Waals surface area contributed by atoms with Crippen molar-refractivity contribution in [2.45, 2.75) is 56.3 Å². The second-order valence-corrected chi connectivity index (χ2v) is 35.5. The number of halogens is 2. The Bertz CT molecular complexity index is 982. The van der Waals surface area contributed by atoms with E-state index in [2.05, 4.69) is 72.8 Å². The molecule has 3 aromatic rings. The molecular weight excluding hydrogens is 604 g/mol. The van der Waals surface area contributed by atoms with E-state index in [1.165, 1.54) is 65.0 Å². The average molecular weight is 631 g/mol. The van der Waals surface area contributed by atoms with E-state index in [-0.39, 0.29) is 0 Å². The molecule has 3 aromatic carbocycles. The fourth-order valence-electron chi connectivity index (χ4n) is 5.14. The third-order valence-corrected chi connectivity index (χ3v) is 31.3. The molecule has 3 saturated carbocycles. The maximum absolute atomic E-state index is 8.18. The molecule has 0 radical (unpaired) electrons. The first-order valence-electron chi connectivity index (χ1n) is 11.3. The molecule has 0 atom stereocenters. The van der Waals surface area contributed by atoms with E-state index >= 15 is 0 Å². The molecule has 3 aliphatic rings. The van der Waals surface area contributed by atoms with Gasteiger partial charge in [-0.05, 0) is 0 Å². The zero-order chi connectivity index (χ0) is 20.4. The zero-order valence-electron chi connectivity index (χ0n) is 17.1. The van der Waals surface area contributed by atoms with E-state index in [0.29, 0.717) is 17.8 Å². The van der Waals surface area contributed by atoms with Gasteiger partial charge in [0.15, 0.2) is 0 Å². The summed E-state index contributed by atoms with van der Waals surface area (Å²) in [6.45, 7) is 0. The molecule has 6 rings (SSSR count). The summed E-state index contributed by atoms with van der Waals surface area (Å²) in [6.07, 6.45) is 7.53. The molecule has 0 unspecified atom stereocenters. The van der Waals surface area contributed by atoms with Crippen LogP contribution in [-0.4, -0.2) is 16.4 Å². The van der Waals surface area contributed by atoms with Gasteiger partial charge >= 0.3 is 189 Å². The maximum atomic E-state index is 8.18. The van der Waals surface area contributed by atoms with Crippen molar-refractivity contribution in [1.29, 1.82) is 0 Å². The van der Waals surface area contributed by atoms with E-state index < -0.39 is 16.4 Å². The van der Waals surface area contributed by atoms with Gasteiger partial charge in [0.25, 0.3) is 0 Å². The molecule has 3 aliphatic carbocycles. The van der Waals surface area contributed by atoms with Gasteiger partial charge in [0.1, 0.15) is 0 Å². The Kier molecular flexibility index (Phi) is 4.66. The van der Waals surface area contributed by atoms with Crippen molar-refractivity contribution in [2.24, 2.45) is 0 Å². The van der Waals surface area contributed by atoms with Crippen LogP contribution in [0.5, 0.6) is 0 Å². The van der Waals surface area contributed by atoms with Gasteiger partial charge in [-0.25, -0.2) is 0 Å². The second kappa shape index (κ2) is 7.06. The van der Waals surface area contributed by atoms with Gasteiger partial charge in [0.2, 0.25) is 0 Å².